The van der Waals surface area contributed by atoms with E-state index < -0.39 is 0 Å². The summed E-state index contributed by atoms with van der Waals surface area (Å²) in [6, 6.07) is 7.65. The maximum Gasteiger partial charge on any atom is 0.227 e. The molecule has 0 bridgehead atoms. The molecule has 1 amide bonds. The van der Waals surface area contributed by atoms with Crippen molar-refractivity contribution in [1.82, 2.24) is 15.1 Å². The minimum absolute atomic E-state index is 0.144. The SMILES string of the molecule is COc1cccc(CC(=O)N2CCc3[nH]ncc3C2)c1. The van der Waals surface area contributed by atoms with Crippen molar-refractivity contribution >= 4 is 5.91 Å². The summed E-state index contributed by atoms with van der Waals surface area (Å²) < 4.78 is 5.18. The van der Waals surface area contributed by atoms with Crippen LogP contribution in [0.3, 0.4) is 0 Å². The first-order chi connectivity index (χ1) is 9.76. The Balaban J connectivity index is 1.68. The van der Waals surface area contributed by atoms with Crippen LogP contribution in [0.25, 0.3) is 0 Å². The Kier molecular flexibility index (Phi) is 3.41. The van der Waals surface area contributed by atoms with Crippen molar-refractivity contribution in [3.8, 4) is 5.75 Å². The Morgan fingerprint density at radius 2 is 2.40 bits per heavy atom. The standard InChI is InChI=1S/C15H17N3O2/c1-20-13-4-2-3-11(7-13)8-15(19)18-6-5-14-12(10-18)9-16-17-14/h2-4,7,9H,5-6,8,10H2,1H3,(H,16,17). The molecule has 2 aromatic rings. The Morgan fingerprint density at radius 1 is 1.50 bits per heavy atom. The topological polar surface area (TPSA) is 58.2 Å². The first kappa shape index (κ1) is 12.7. The number of benzene rings is 1. The van der Waals surface area contributed by atoms with E-state index in [-0.39, 0.29) is 5.91 Å². The molecule has 0 aliphatic carbocycles. The zero-order valence-corrected chi connectivity index (χ0v) is 11.4. The minimum atomic E-state index is 0.144. The van der Waals surface area contributed by atoms with E-state index in [1.54, 1.807) is 13.3 Å². The number of amides is 1. The highest BCUT2D eigenvalue weighted by Gasteiger charge is 2.21. The number of fused-ring (bicyclic) bond motifs is 1. The van der Waals surface area contributed by atoms with E-state index in [1.165, 1.54) is 0 Å². The zero-order valence-electron chi connectivity index (χ0n) is 11.4. The average molecular weight is 271 g/mol. The first-order valence-electron chi connectivity index (χ1n) is 6.68. The molecule has 0 radical (unpaired) electrons. The summed E-state index contributed by atoms with van der Waals surface area (Å²) in [7, 11) is 1.63. The van der Waals surface area contributed by atoms with Crippen LogP contribution in [-0.2, 0) is 24.2 Å². The van der Waals surface area contributed by atoms with Gasteiger partial charge in [-0.2, -0.15) is 5.10 Å². The molecule has 0 spiro atoms. The molecule has 0 saturated carbocycles. The number of nitrogens with one attached hydrogen (secondary N) is 1. The highest BCUT2D eigenvalue weighted by Crippen LogP contribution is 2.18. The maximum absolute atomic E-state index is 12.4. The molecule has 0 unspecified atom stereocenters. The van der Waals surface area contributed by atoms with Crippen LogP contribution in [0.1, 0.15) is 16.8 Å². The number of H-pyrrole nitrogens is 1. The number of ether oxygens (including phenoxy) is 1. The van der Waals surface area contributed by atoms with Crippen LogP contribution >= 0.6 is 0 Å². The van der Waals surface area contributed by atoms with Crippen LogP contribution in [0.2, 0.25) is 0 Å². The number of methoxy groups -OCH3 is 1. The van der Waals surface area contributed by atoms with Gasteiger partial charge >= 0.3 is 0 Å². The Labute approximate surface area is 117 Å². The van der Waals surface area contributed by atoms with Gasteiger partial charge in [0.05, 0.1) is 19.7 Å². The van der Waals surface area contributed by atoms with Crippen molar-refractivity contribution in [2.24, 2.45) is 0 Å². The van der Waals surface area contributed by atoms with Crippen LogP contribution in [-0.4, -0.2) is 34.7 Å². The molecular formula is C15H17N3O2. The molecule has 0 fully saturated rings. The minimum Gasteiger partial charge on any atom is -0.497 e. The summed E-state index contributed by atoms with van der Waals surface area (Å²) in [4.78, 5) is 14.2. The third kappa shape index (κ3) is 2.52. The van der Waals surface area contributed by atoms with Gasteiger partial charge in [0.25, 0.3) is 0 Å². The van der Waals surface area contributed by atoms with Gasteiger partial charge in [0.2, 0.25) is 5.91 Å². The fourth-order valence-corrected chi connectivity index (χ4v) is 2.50. The van der Waals surface area contributed by atoms with Crippen molar-refractivity contribution in [1.29, 1.82) is 0 Å². The lowest BCUT2D eigenvalue weighted by molar-refractivity contribution is -0.131. The molecule has 1 aliphatic heterocycles. The Bertz CT molecular complexity index is 621. The maximum atomic E-state index is 12.4. The molecular weight excluding hydrogens is 254 g/mol. The number of aromatic nitrogens is 2. The third-order valence-electron chi connectivity index (χ3n) is 3.64. The Morgan fingerprint density at radius 3 is 3.25 bits per heavy atom. The normalized spacial score (nSPS) is 13.9. The molecule has 1 aromatic carbocycles. The predicted octanol–water partition coefficient (Wildman–Crippen LogP) is 1.55. The van der Waals surface area contributed by atoms with E-state index in [2.05, 4.69) is 10.2 Å². The van der Waals surface area contributed by atoms with Gasteiger partial charge < -0.3 is 9.64 Å². The van der Waals surface area contributed by atoms with Gasteiger partial charge in [0, 0.05) is 30.8 Å². The summed E-state index contributed by atoms with van der Waals surface area (Å²) in [5.41, 5.74) is 3.25. The van der Waals surface area contributed by atoms with Gasteiger partial charge in [-0.15, -0.1) is 0 Å². The van der Waals surface area contributed by atoms with Crippen molar-refractivity contribution in [2.45, 2.75) is 19.4 Å². The molecule has 0 atom stereocenters. The van der Waals surface area contributed by atoms with Crippen LogP contribution in [0.15, 0.2) is 30.5 Å². The van der Waals surface area contributed by atoms with E-state index in [9.17, 15) is 4.79 Å². The number of aromatic amines is 1. The van der Waals surface area contributed by atoms with E-state index in [4.69, 9.17) is 4.74 Å². The van der Waals surface area contributed by atoms with E-state index in [0.717, 1.165) is 35.5 Å². The van der Waals surface area contributed by atoms with Crippen LogP contribution in [0, 0.1) is 0 Å². The molecule has 5 nitrogen and oxygen atoms in total. The molecule has 2 heterocycles. The molecule has 1 N–H and O–H groups in total. The summed E-state index contributed by atoms with van der Waals surface area (Å²) >= 11 is 0. The van der Waals surface area contributed by atoms with Gasteiger partial charge in [-0.05, 0) is 17.7 Å². The number of nitrogens with zero attached hydrogens (tertiary/aromatic N) is 2. The predicted molar refractivity (Wildman–Crippen MR) is 74.4 cm³/mol. The lowest BCUT2D eigenvalue weighted by atomic mass is 10.1. The highest BCUT2D eigenvalue weighted by atomic mass is 16.5. The highest BCUT2D eigenvalue weighted by molar-refractivity contribution is 5.79. The van der Waals surface area contributed by atoms with Crippen molar-refractivity contribution in [3.05, 3.63) is 47.3 Å². The number of hydrogen-bond acceptors (Lipinski definition) is 3. The largest absolute Gasteiger partial charge is 0.497 e. The summed E-state index contributed by atoms with van der Waals surface area (Å²) in [5.74, 6) is 0.927. The van der Waals surface area contributed by atoms with Gasteiger partial charge in [-0.1, -0.05) is 12.1 Å². The lowest BCUT2D eigenvalue weighted by Crippen LogP contribution is -2.36. The van der Waals surface area contributed by atoms with Crippen molar-refractivity contribution in [2.75, 3.05) is 13.7 Å². The van der Waals surface area contributed by atoms with E-state index >= 15 is 0 Å². The Hall–Kier alpha value is -2.30. The average Bonchev–Trinajstić information content (AvgIpc) is 2.94. The van der Waals surface area contributed by atoms with Crippen LogP contribution < -0.4 is 4.74 Å². The molecule has 3 rings (SSSR count). The number of carbonyl (C=O) groups excluding carboxylic acids is 1. The molecule has 104 valence electrons. The van der Waals surface area contributed by atoms with Crippen molar-refractivity contribution < 1.29 is 9.53 Å². The second-order valence-corrected chi connectivity index (χ2v) is 4.97. The van der Waals surface area contributed by atoms with Crippen LogP contribution in [0.5, 0.6) is 5.75 Å². The van der Waals surface area contributed by atoms with E-state index in [0.29, 0.717) is 13.0 Å². The van der Waals surface area contributed by atoms with Crippen molar-refractivity contribution in [3.63, 3.8) is 0 Å². The number of rotatable bonds is 3. The molecule has 0 saturated heterocycles. The van der Waals surface area contributed by atoms with Gasteiger partial charge in [0.1, 0.15) is 5.75 Å². The fraction of sp³-hybridized carbons (Fsp3) is 0.333. The molecule has 1 aromatic heterocycles. The van der Waals surface area contributed by atoms with Gasteiger partial charge in [0.15, 0.2) is 0 Å². The summed E-state index contributed by atoms with van der Waals surface area (Å²) in [5, 5.41) is 7.00. The third-order valence-corrected chi connectivity index (χ3v) is 3.64. The lowest BCUT2D eigenvalue weighted by Gasteiger charge is -2.26. The van der Waals surface area contributed by atoms with Crippen LogP contribution in [0.4, 0.5) is 0 Å². The second kappa shape index (κ2) is 5.36. The first-order valence-corrected chi connectivity index (χ1v) is 6.68. The molecule has 1 aliphatic rings. The molecule has 5 heteroatoms. The second-order valence-electron chi connectivity index (χ2n) is 4.97. The molecule has 20 heavy (non-hydrogen) atoms. The number of hydrogen-bond donors (Lipinski definition) is 1. The smallest absolute Gasteiger partial charge is 0.227 e. The van der Waals surface area contributed by atoms with E-state index in [1.807, 2.05) is 29.2 Å². The number of carbonyl (C=O) groups is 1. The summed E-state index contributed by atoms with van der Waals surface area (Å²) in [6.07, 6.45) is 3.06. The quantitative estimate of drug-likeness (QED) is 0.921. The zero-order chi connectivity index (χ0) is 13.9. The van der Waals surface area contributed by atoms with Gasteiger partial charge in [-0.25, -0.2) is 0 Å². The monoisotopic (exact) mass is 271 g/mol. The fourth-order valence-electron chi connectivity index (χ4n) is 2.50. The van der Waals surface area contributed by atoms with Gasteiger partial charge in [-0.3, -0.25) is 9.89 Å². The summed E-state index contributed by atoms with van der Waals surface area (Å²) in [6.45, 7) is 1.40.